The molecule has 1 aromatic carbocycles. The van der Waals surface area contributed by atoms with E-state index in [0.717, 1.165) is 51.0 Å². The second kappa shape index (κ2) is 7.75. The summed E-state index contributed by atoms with van der Waals surface area (Å²) in [6.07, 6.45) is 8.42. The normalized spacial score (nSPS) is 20.0. The number of hydrogen-bond acceptors (Lipinski definition) is 3. The third-order valence-corrected chi connectivity index (χ3v) is 6.03. The van der Waals surface area contributed by atoms with E-state index in [1.54, 1.807) is 0 Å². The molecular formula is C22H30N4O. The first-order valence-corrected chi connectivity index (χ1v) is 10.3. The number of aromatic amines is 1. The summed E-state index contributed by atoms with van der Waals surface area (Å²) >= 11 is 0. The Morgan fingerprint density at radius 2 is 2.11 bits per heavy atom. The van der Waals surface area contributed by atoms with Gasteiger partial charge in [0.2, 0.25) is 5.91 Å². The quantitative estimate of drug-likeness (QED) is 0.897. The zero-order chi connectivity index (χ0) is 18.8. The highest BCUT2D eigenvalue weighted by Gasteiger charge is 2.26. The number of likely N-dealkylation sites (tertiary alicyclic amines) is 1. The van der Waals surface area contributed by atoms with Crippen molar-refractivity contribution in [2.24, 2.45) is 11.8 Å². The van der Waals surface area contributed by atoms with Gasteiger partial charge in [0.15, 0.2) is 0 Å². The van der Waals surface area contributed by atoms with Crippen molar-refractivity contribution in [3.05, 3.63) is 36.2 Å². The van der Waals surface area contributed by atoms with Crippen LogP contribution in [-0.2, 0) is 11.2 Å². The van der Waals surface area contributed by atoms with Gasteiger partial charge in [0.05, 0.1) is 6.20 Å². The summed E-state index contributed by atoms with van der Waals surface area (Å²) in [5.74, 6) is 1.10. The third kappa shape index (κ3) is 3.87. The first-order valence-electron chi connectivity index (χ1n) is 10.3. The molecule has 1 aromatic heterocycles. The van der Waals surface area contributed by atoms with Crippen LogP contribution in [0.2, 0.25) is 0 Å². The molecule has 1 atom stereocenters. The largest absolute Gasteiger partial charge is 0.371 e. The van der Waals surface area contributed by atoms with Gasteiger partial charge in [-0.3, -0.25) is 9.89 Å². The average molecular weight is 367 g/mol. The van der Waals surface area contributed by atoms with Gasteiger partial charge in [0.1, 0.15) is 0 Å². The van der Waals surface area contributed by atoms with Gasteiger partial charge in [-0.1, -0.05) is 19.9 Å². The fraction of sp³-hybridized carbons (Fsp3) is 0.545. The van der Waals surface area contributed by atoms with Gasteiger partial charge >= 0.3 is 0 Å². The highest BCUT2D eigenvalue weighted by atomic mass is 16.2. The maximum atomic E-state index is 12.3. The molecule has 1 fully saturated rings. The Morgan fingerprint density at radius 1 is 1.22 bits per heavy atom. The summed E-state index contributed by atoms with van der Waals surface area (Å²) in [7, 11) is 0. The second-order valence-corrected chi connectivity index (χ2v) is 8.30. The first-order chi connectivity index (χ1) is 13.1. The Bertz CT molecular complexity index is 784. The van der Waals surface area contributed by atoms with Crippen LogP contribution in [0.1, 0.15) is 38.7 Å². The predicted octanol–water partition coefficient (Wildman–Crippen LogP) is 3.72. The number of fused-ring (bicyclic) bond motifs is 1. The summed E-state index contributed by atoms with van der Waals surface area (Å²) in [4.78, 5) is 16.9. The van der Waals surface area contributed by atoms with E-state index in [-0.39, 0.29) is 5.92 Å². The van der Waals surface area contributed by atoms with Gasteiger partial charge in [-0.15, -0.1) is 0 Å². The highest BCUT2D eigenvalue weighted by molar-refractivity contribution is 5.78. The molecule has 27 heavy (non-hydrogen) atoms. The summed E-state index contributed by atoms with van der Waals surface area (Å²) < 4.78 is 0. The molecule has 0 radical (unpaired) electrons. The monoisotopic (exact) mass is 366 g/mol. The summed E-state index contributed by atoms with van der Waals surface area (Å²) in [6.45, 7) is 8.07. The minimum absolute atomic E-state index is 0.108. The zero-order valence-electron chi connectivity index (χ0n) is 16.4. The van der Waals surface area contributed by atoms with E-state index in [1.807, 2.05) is 26.2 Å². The van der Waals surface area contributed by atoms with E-state index in [9.17, 15) is 4.79 Å². The molecular weight excluding hydrogens is 336 g/mol. The molecule has 2 aliphatic rings. The molecule has 2 aliphatic heterocycles. The van der Waals surface area contributed by atoms with E-state index in [2.05, 4.69) is 38.2 Å². The number of hydrogen-bond donors (Lipinski definition) is 1. The number of anilines is 1. The summed E-state index contributed by atoms with van der Waals surface area (Å²) in [5.41, 5.74) is 5.22. The molecule has 1 saturated heterocycles. The number of carbonyl (C=O) groups is 1. The molecule has 0 spiro atoms. The molecule has 1 N–H and O–H groups in total. The Balaban J connectivity index is 1.40. The Labute approximate surface area is 161 Å². The molecule has 1 unspecified atom stereocenters. The van der Waals surface area contributed by atoms with Gasteiger partial charge in [0.25, 0.3) is 0 Å². The van der Waals surface area contributed by atoms with Crippen molar-refractivity contribution in [3.63, 3.8) is 0 Å². The molecule has 0 bridgehead atoms. The molecule has 1 amide bonds. The summed E-state index contributed by atoms with van der Waals surface area (Å²) in [6, 6.07) is 6.80. The van der Waals surface area contributed by atoms with Crippen molar-refractivity contribution >= 4 is 11.6 Å². The first kappa shape index (κ1) is 18.1. The fourth-order valence-corrected chi connectivity index (χ4v) is 4.49. The molecule has 5 nitrogen and oxygen atoms in total. The SMILES string of the molecule is CC(C)C(=O)N1CCCC(CN2CCc3cc(-c4cn[nH]c4)ccc32)CC1. The Morgan fingerprint density at radius 3 is 2.89 bits per heavy atom. The Hall–Kier alpha value is -2.30. The predicted molar refractivity (Wildman–Crippen MR) is 109 cm³/mol. The van der Waals surface area contributed by atoms with Gasteiger partial charge in [-0.2, -0.15) is 5.10 Å². The van der Waals surface area contributed by atoms with Gasteiger partial charge in [-0.05, 0) is 54.9 Å². The second-order valence-electron chi connectivity index (χ2n) is 8.30. The van der Waals surface area contributed by atoms with Crippen molar-refractivity contribution in [2.45, 2.75) is 39.5 Å². The van der Waals surface area contributed by atoms with Crippen molar-refractivity contribution < 1.29 is 4.79 Å². The molecule has 0 saturated carbocycles. The van der Waals surface area contributed by atoms with E-state index < -0.39 is 0 Å². The minimum atomic E-state index is 0.108. The van der Waals surface area contributed by atoms with Gasteiger partial charge < -0.3 is 9.80 Å². The number of aromatic nitrogens is 2. The topological polar surface area (TPSA) is 52.2 Å². The number of nitrogens with zero attached hydrogens (tertiary/aromatic N) is 3. The molecule has 5 heteroatoms. The molecule has 4 rings (SSSR count). The lowest BCUT2D eigenvalue weighted by Gasteiger charge is -2.26. The number of benzene rings is 1. The zero-order valence-corrected chi connectivity index (χ0v) is 16.4. The van der Waals surface area contributed by atoms with Crippen LogP contribution in [-0.4, -0.2) is 47.2 Å². The lowest BCUT2D eigenvalue weighted by Crippen LogP contribution is -2.35. The smallest absolute Gasteiger partial charge is 0.225 e. The van der Waals surface area contributed by atoms with Crippen LogP contribution in [0.25, 0.3) is 11.1 Å². The Kier molecular flexibility index (Phi) is 5.19. The number of amides is 1. The van der Waals surface area contributed by atoms with Crippen LogP contribution >= 0.6 is 0 Å². The highest BCUT2D eigenvalue weighted by Crippen LogP contribution is 2.33. The van der Waals surface area contributed by atoms with E-state index >= 15 is 0 Å². The van der Waals surface area contributed by atoms with Crippen molar-refractivity contribution in [3.8, 4) is 11.1 Å². The number of nitrogens with one attached hydrogen (secondary N) is 1. The van der Waals surface area contributed by atoms with Crippen LogP contribution in [0.15, 0.2) is 30.6 Å². The molecule has 2 aromatic rings. The average Bonchev–Trinajstić information content (AvgIpc) is 3.27. The maximum Gasteiger partial charge on any atom is 0.225 e. The summed E-state index contributed by atoms with van der Waals surface area (Å²) in [5, 5.41) is 6.95. The van der Waals surface area contributed by atoms with Crippen molar-refractivity contribution in [1.82, 2.24) is 15.1 Å². The maximum absolute atomic E-state index is 12.3. The van der Waals surface area contributed by atoms with E-state index in [0.29, 0.717) is 11.8 Å². The third-order valence-electron chi connectivity index (χ3n) is 6.03. The minimum Gasteiger partial charge on any atom is -0.371 e. The van der Waals surface area contributed by atoms with Crippen LogP contribution in [0.3, 0.4) is 0 Å². The van der Waals surface area contributed by atoms with E-state index in [4.69, 9.17) is 0 Å². The van der Waals surface area contributed by atoms with Crippen LogP contribution < -0.4 is 4.90 Å². The number of H-pyrrole nitrogens is 1. The van der Waals surface area contributed by atoms with Gasteiger partial charge in [-0.25, -0.2) is 0 Å². The number of rotatable bonds is 4. The van der Waals surface area contributed by atoms with Crippen LogP contribution in [0.4, 0.5) is 5.69 Å². The number of carbonyl (C=O) groups excluding carboxylic acids is 1. The molecule has 144 valence electrons. The molecule has 3 heterocycles. The fourth-order valence-electron chi connectivity index (χ4n) is 4.49. The standard InChI is InChI=1S/C22H30N4O/c1-16(2)22(27)25-9-3-4-17(7-10-25)15-26-11-8-19-12-18(5-6-21(19)26)20-13-23-24-14-20/h5-6,12-14,16-17H,3-4,7-11,15H2,1-2H3,(H,23,24). The van der Waals surface area contributed by atoms with Crippen molar-refractivity contribution in [1.29, 1.82) is 0 Å². The van der Waals surface area contributed by atoms with Crippen LogP contribution in [0, 0.1) is 11.8 Å². The lowest BCUT2D eigenvalue weighted by atomic mass is 10.00. The van der Waals surface area contributed by atoms with Crippen molar-refractivity contribution in [2.75, 3.05) is 31.1 Å². The van der Waals surface area contributed by atoms with Crippen LogP contribution in [0.5, 0.6) is 0 Å². The van der Waals surface area contributed by atoms with E-state index in [1.165, 1.54) is 23.2 Å². The van der Waals surface area contributed by atoms with Gasteiger partial charge in [0, 0.05) is 49.5 Å². The molecule has 0 aliphatic carbocycles. The lowest BCUT2D eigenvalue weighted by molar-refractivity contribution is -0.134.